The highest BCUT2D eigenvalue weighted by Gasteiger charge is 2.43. The fraction of sp³-hybridized carbons (Fsp3) is 0.667. The monoisotopic (exact) mass is 153 g/mol. The topological polar surface area (TPSA) is 32.6 Å². The summed E-state index contributed by atoms with van der Waals surface area (Å²) in [5.41, 5.74) is 1.52. The Balaban J connectivity index is 2.48. The van der Waals surface area contributed by atoms with Crippen LogP contribution in [0.5, 0.6) is 0 Å². The van der Waals surface area contributed by atoms with E-state index in [1.54, 1.807) is 0 Å². The van der Waals surface area contributed by atoms with Crippen molar-refractivity contribution in [2.24, 2.45) is 16.5 Å². The maximum absolute atomic E-state index is 8.23. The van der Waals surface area contributed by atoms with Crippen molar-refractivity contribution >= 4 is 6.21 Å². The van der Waals surface area contributed by atoms with Gasteiger partial charge >= 0.3 is 0 Å². The molecule has 0 amide bonds. The fourth-order valence-corrected chi connectivity index (χ4v) is 1.24. The van der Waals surface area contributed by atoms with Gasteiger partial charge in [0.15, 0.2) is 0 Å². The molecule has 0 aliphatic heterocycles. The first-order valence-corrected chi connectivity index (χ1v) is 3.92. The van der Waals surface area contributed by atoms with Crippen LogP contribution in [0.15, 0.2) is 16.8 Å². The van der Waals surface area contributed by atoms with Gasteiger partial charge in [-0.05, 0) is 30.3 Å². The lowest BCUT2D eigenvalue weighted by Crippen LogP contribution is -1.88. The first-order chi connectivity index (χ1) is 5.06. The van der Waals surface area contributed by atoms with Gasteiger partial charge in [-0.3, -0.25) is 0 Å². The second-order valence-electron chi connectivity index (χ2n) is 3.95. The summed E-state index contributed by atoms with van der Waals surface area (Å²) < 4.78 is 0. The van der Waals surface area contributed by atoms with Crippen LogP contribution in [-0.2, 0) is 0 Å². The van der Waals surface area contributed by atoms with E-state index in [0.717, 1.165) is 5.57 Å². The van der Waals surface area contributed by atoms with Gasteiger partial charge in [-0.2, -0.15) is 0 Å². The molecule has 1 N–H and O–H groups in total. The lowest BCUT2D eigenvalue weighted by atomic mass is 10.1. The predicted octanol–water partition coefficient (Wildman–Crippen LogP) is 2.44. The van der Waals surface area contributed by atoms with Crippen molar-refractivity contribution in [3.63, 3.8) is 0 Å². The van der Waals surface area contributed by atoms with Crippen molar-refractivity contribution in [3.8, 4) is 0 Å². The van der Waals surface area contributed by atoms with Crippen LogP contribution >= 0.6 is 0 Å². The smallest absolute Gasteiger partial charge is 0.0687 e. The van der Waals surface area contributed by atoms with Crippen molar-refractivity contribution in [2.75, 3.05) is 0 Å². The molecular weight excluding hydrogens is 138 g/mol. The fourth-order valence-electron chi connectivity index (χ4n) is 1.24. The molecule has 1 aliphatic rings. The molecule has 2 nitrogen and oxygen atoms in total. The van der Waals surface area contributed by atoms with Crippen LogP contribution in [-0.4, -0.2) is 11.4 Å². The van der Waals surface area contributed by atoms with Crippen molar-refractivity contribution in [1.29, 1.82) is 0 Å². The van der Waals surface area contributed by atoms with Crippen LogP contribution < -0.4 is 0 Å². The zero-order valence-electron chi connectivity index (χ0n) is 7.33. The molecule has 0 saturated heterocycles. The molecule has 0 spiro atoms. The van der Waals surface area contributed by atoms with Crippen molar-refractivity contribution in [3.05, 3.63) is 11.6 Å². The van der Waals surface area contributed by atoms with Crippen molar-refractivity contribution in [1.82, 2.24) is 0 Å². The summed E-state index contributed by atoms with van der Waals surface area (Å²) in [6.45, 7) is 6.45. The molecule has 0 heterocycles. The number of allylic oxidation sites excluding steroid dienone is 2. The maximum atomic E-state index is 8.23. The summed E-state index contributed by atoms with van der Waals surface area (Å²) in [6.07, 6.45) is 4.90. The highest BCUT2D eigenvalue weighted by Crippen LogP contribution is 2.52. The molecule has 0 bridgehead atoms. The minimum absolute atomic E-state index is 0.477. The Kier molecular flexibility index (Phi) is 2.03. The van der Waals surface area contributed by atoms with E-state index in [1.165, 1.54) is 12.6 Å². The number of rotatable bonds is 2. The summed E-state index contributed by atoms with van der Waals surface area (Å²) in [4.78, 5) is 0. The van der Waals surface area contributed by atoms with Gasteiger partial charge in [-0.1, -0.05) is 25.1 Å². The molecule has 11 heavy (non-hydrogen) atoms. The Hall–Kier alpha value is -0.790. The molecule has 0 aromatic heterocycles. The number of hydrogen-bond donors (Lipinski definition) is 1. The predicted molar refractivity (Wildman–Crippen MR) is 45.9 cm³/mol. The zero-order valence-corrected chi connectivity index (χ0v) is 7.33. The highest BCUT2D eigenvalue weighted by molar-refractivity contribution is 5.77. The highest BCUT2D eigenvalue weighted by atomic mass is 16.4. The van der Waals surface area contributed by atoms with Crippen LogP contribution in [0.25, 0.3) is 0 Å². The van der Waals surface area contributed by atoms with Crippen LogP contribution in [0.2, 0.25) is 0 Å². The second kappa shape index (κ2) is 2.68. The minimum atomic E-state index is 0.477. The van der Waals surface area contributed by atoms with E-state index in [9.17, 15) is 0 Å². The Labute approximate surface area is 67.6 Å². The third-order valence-electron chi connectivity index (χ3n) is 2.32. The summed E-state index contributed by atoms with van der Waals surface area (Å²) in [6, 6.07) is 0. The molecule has 62 valence electrons. The molecule has 2 heteroatoms. The molecule has 1 rings (SSSR count). The van der Waals surface area contributed by atoms with Gasteiger partial charge in [0.2, 0.25) is 0 Å². The van der Waals surface area contributed by atoms with Crippen molar-refractivity contribution in [2.45, 2.75) is 27.2 Å². The summed E-state index contributed by atoms with van der Waals surface area (Å²) in [5.74, 6) is 0.681. The number of hydrogen-bond acceptors (Lipinski definition) is 2. The summed E-state index contributed by atoms with van der Waals surface area (Å²) in [5, 5.41) is 11.2. The summed E-state index contributed by atoms with van der Waals surface area (Å²) in [7, 11) is 0. The normalized spacial score (nSPS) is 29.4. The van der Waals surface area contributed by atoms with Crippen LogP contribution in [0.1, 0.15) is 27.2 Å². The Morgan fingerprint density at radius 2 is 2.18 bits per heavy atom. The van der Waals surface area contributed by atoms with Crippen LogP contribution in [0, 0.1) is 11.3 Å². The molecule has 0 radical (unpaired) electrons. The van der Waals surface area contributed by atoms with E-state index >= 15 is 0 Å². The molecule has 1 unspecified atom stereocenters. The quantitative estimate of drug-likeness (QED) is 0.369. The number of oxime groups is 1. The van der Waals surface area contributed by atoms with Gasteiger partial charge in [-0.15, -0.1) is 0 Å². The zero-order chi connectivity index (χ0) is 8.48. The van der Waals surface area contributed by atoms with Gasteiger partial charge < -0.3 is 5.21 Å². The standard InChI is InChI=1S/C9H15NO/c1-7(6-10-11)4-8-5-9(8,2)3/h4,6,8,11H,5H2,1-3H3/b7-4+,10-6+. The van der Waals surface area contributed by atoms with E-state index in [-0.39, 0.29) is 0 Å². The molecule has 1 saturated carbocycles. The van der Waals surface area contributed by atoms with E-state index in [4.69, 9.17) is 5.21 Å². The average molecular weight is 153 g/mol. The molecular formula is C9H15NO. The van der Waals surface area contributed by atoms with Crippen molar-refractivity contribution < 1.29 is 5.21 Å². The van der Waals surface area contributed by atoms with E-state index in [1.807, 2.05) is 6.92 Å². The van der Waals surface area contributed by atoms with Crippen LogP contribution in [0.4, 0.5) is 0 Å². The SMILES string of the molecule is CC(/C=N/O)=C\C1CC1(C)C. The van der Waals surface area contributed by atoms with Gasteiger partial charge in [0.05, 0.1) is 6.21 Å². The van der Waals surface area contributed by atoms with E-state index in [0.29, 0.717) is 11.3 Å². The third-order valence-corrected chi connectivity index (χ3v) is 2.32. The largest absolute Gasteiger partial charge is 0.411 e. The second-order valence-corrected chi connectivity index (χ2v) is 3.95. The summed E-state index contributed by atoms with van der Waals surface area (Å²) >= 11 is 0. The first-order valence-electron chi connectivity index (χ1n) is 3.92. The van der Waals surface area contributed by atoms with Gasteiger partial charge in [0.1, 0.15) is 0 Å². The lowest BCUT2D eigenvalue weighted by molar-refractivity contribution is 0.321. The third kappa shape index (κ3) is 2.07. The molecule has 1 atom stereocenters. The molecule has 1 fully saturated rings. The van der Waals surface area contributed by atoms with E-state index in [2.05, 4.69) is 25.1 Å². The maximum Gasteiger partial charge on any atom is 0.0687 e. The van der Waals surface area contributed by atoms with E-state index < -0.39 is 0 Å². The Bertz CT molecular complexity index is 204. The number of nitrogens with zero attached hydrogens (tertiary/aromatic N) is 1. The van der Waals surface area contributed by atoms with Crippen LogP contribution in [0.3, 0.4) is 0 Å². The van der Waals surface area contributed by atoms with Gasteiger partial charge in [0, 0.05) is 0 Å². The minimum Gasteiger partial charge on any atom is -0.411 e. The van der Waals surface area contributed by atoms with Gasteiger partial charge in [-0.25, -0.2) is 0 Å². The average Bonchev–Trinajstić information content (AvgIpc) is 2.39. The first kappa shape index (κ1) is 8.31. The lowest BCUT2D eigenvalue weighted by Gasteiger charge is -1.96. The molecule has 1 aliphatic carbocycles. The Morgan fingerprint density at radius 3 is 2.55 bits per heavy atom. The molecule has 0 aromatic carbocycles. The molecule has 0 aromatic rings. The van der Waals surface area contributed by atoms with Gasteiger partial charge in [0.25, 0.3) is 0 Å². The Morgan fingerprint density at radius 1 is 1.64 bits per heavy atom.